The van der Waals surface area contributed by atoms with Gasteiger partial charge in [-0.2, -0.15) is 0 Å². The van der Waals surface area contributed by atoms with Crippen LogP contribution in [0.1, 0.15) is 12.8 Å². The summed E-state index contributed by atoms with van der Waals surface area (Å²) in [6, 6.07) is 0. The number of ether oxygens (including phenoxy) is 2. The number of methoxy groups -OCH3 is 2. The van der Waals surface area contributed by atoms with Crippen molar-refractivity contribution < 1.29 is 9.47 Å². The molecule has 4 atom stereocenters. The Labute approximate surface area is 109 Å². The predicted octanol–water partition coefficient (Wildman–Crippen LogP) is 2.95. The van der Waals surface area contributed by atoms with Crippen molar-refractivity contribution in [3.05, 3.63) is 0 Å². The van der Waals surface area contributed by atoms with Crippen molar-refractivity contribution in [2.45, 2.75) is 39.1 Å². The van der Waals surface area contributed by atoms with Crippen molar-refractivity contribution in [3.63, 3.8) is 0 Å². The number of rotatable bonds is 2. The molecule has 0 saturated heterocycles. The molecule has 2 aliphatic carbocycles. The van der Waals surface area contributed by atoms with Crippen LogP contribution in [-0.2, 0) is 9.47 Å². The highest BCUT2D eigenvalue weighted by Gasteiger charge is 2.81. The SMILES string of the molecule is COC1(OC)[C@]2(Cl)CC[C@]1(Cl)[C@@H](Cl)[C@H]2Cl. The smallest absolute Gasteiger partial charge is 0.209 e. The summed E-state index contributed by atoms with van der Waals surface area (Å²) < 4.78 is 10.9. The third-order valence-corrected chi connectivity index (χ3v) is 6.60. The van der Waals surface area contributed by atoms with Crippen LogP contribution in [0.5, 0.6) is 0 Å². The van der Waals surface area contributed by atoms with Crippen molar-refractivity contribution in [2.75, 3.05) is 14.2 Å². The quantitative estimate of drug-likeness (QED) is 0.576. The van der Waals surface area contributed by atoms with Gasteiger partial charge in [-0.15, -0.1) is 46.4 Å². The van der Waals surface area contributed by atoms with Crippen LogP contribution >= 0.6 is 46.4 Å². The average Bonchev–Trinajstić information content (AvgIpc) is 2.53. The van der Waals surface area contributed by atoms with E-state index in [4.69, 9.17) is 55.9 Å². The van der Waals surface area contributed by atoms with Crippen LogP contribution in [0.2, 0.25) is 0 Å². The van der Waals surface area contributed by atoms with Crippen LogP contribution in [0.4, 0.5) is 0 Å². The summed E-state index contributed by atoms with van der Waals surface area (Å²) in [5, 5.41) is -0.932. The summed E-state index contributed by atoms with van der Waals surface area (Å²) in [4.78, 5) is -1.71. The highest BCUT2D eigenvalue weighted by atomic mass is 35.5. The molecule has 0 unspecified atom stereocenters. The Morgan fingerprint density at radius 3 is 1.47 bits per heavy atom. The first-order chi connectivity index (χ1) is 6.89. The standard InChI is InChI=1S/C9H12Cl4O2/c1-14-9(15-2)7(12)3-4-8(9,13)6(11)5(7)10/h5-6H,3-4H2,1-2H3/t5-,6+,7-,8-/m0/s1. The maximum Gasteiger partial charge on any atom is 0.209 e. The van der Waals surface area contributed by atoms with Crippen molar-refractivity contribution >= 4 is 46.4 Å². The molecule has 0 spiro atoms. The Morgan fingerprint density at radius 2 is 1.27 bits per heavy atom. The van der Waals surface area contributed by atoms with Gasteiger partial charge in [0.15, 0.2) is 0 Å². The molecule has 0 aromatic heterocycles. The average molecular weight is 294 g/mol. The third-order valence-electron chi connectivity index (χ3n) is 3.65. The summed E-state index contributed by atoms with van der Waals surface area (Å²) in [5.41, 5.74) is 0. The van der Waals surface area contributed by atoms with Crippen LogP contribution in [0.15, 0.2) is 0 Å². The van der Waals surface area contributed by atoms with E-state index in [1.54, 1.807) is 0 Å². The van der Waals surface area contributed by atoms with Crippen molar-refractivity contribution in [3.8, 4) is 0 Å². The van der Waals surface area contributed by atoms with E-state index in [1.807, 2.05) is 0 Å². The number of hydrogen-bond donors (Lipinski definition) is 0. The van der Waals surface area contributed by atoms with Crippen LogP contribution in [0.3, 0.4) is 0 Å². The van der Waals surface area contributed by atoms with Gasteiger partial charge in [-0.3, -0.25) is 0 Å². The van der Waals surface area contributed by atoms with Crippen molar-refractivity contribution in [1.29, 1.82) is 0 Å². The van der Waals surface area contributed by atoms with Gasteiger partial charge in [-0.05, 0) is 12.8 Å². The Bertz CT molecular complexity index is 259. The van der Waals surface area contributed by atoms with E-state index in [-0.39, 0.29) is 0 Å². The molecule has 88 valence electrons. The minimum Gasteiger partial charge on any atom is -0.350 e. The molecule has 2 rings (SSSR count). The predicted molar refractivity (Wildman–Crippen MR) is 62.4 cm³/mol. The summed E-state index contributed by atoms with van der Waals surface area (Å²) in [6.45, 7) is 0. The molecule has 2 bridgehead atoms. The van der Waals surface area contributed by atoms with Gasteiger partial charge in [0.1, 0.15) is 9.75 Å². The lowest BCUT2D eigenvalue weighted by Crippen LogP contribution is -2.56. The molecule has 2 saturated carbocycles. The molecule has 2 nitrogen and oxygen atoms in total. The van der Waals surface area contributed by atoms with E-state index in [2.05, 4.69) is 0 Å². The lowest BCUT2D eigenvalue weighted by atomic mass is 9.99. The molecule has 0 aromatic rings. The molecule has 0 N–H and O–H groups in total. The second-order valence-electron chi connectivity index (χ2n) is 4.05. The highest BCUT2D eigenvalue weighted by molar-refractivity contribution is 6.44. The second-order valence-corrected chi connectivity index (χ2v) is 6.34. The summed E-state index contributed by atoms with van der Waals surface area (Å²) in [6.07, 6.45) is 1.27. The maximum absolute atomic E-state index is 6.50. The Kier molecular flexibility index (Phi) is 2.95. The van der Waals surface area contributed by atoms with Crippen LogP contribution in [0.25, 0.3) is 0 Å². The lowest BCUT2D eigenvalue weighted by molar-refractivity contribution is -0.219. The maximum atomic E-state index is 6.50. The van der Waals surface area contributed by atoms with Gasteiger partial charge in [-0.25, -0.2) is 0 Å². The molecule has 0 aliphatic heterocycles. The molecular formula is C9H12Cl4O2. The van der Waals surface area contributed by atoms with Gasteiger partial charge >= 0.3 is 0 Å². The van der Waals surface area contributed by atoms with Crippen molar-refractivity contribution in [1.82, 2.24) is 0 Å². The summed E-state index contributed by atoms with van der Waals surface area (Å²) in [5.74, 6) is -1.11. The summed E-state index contributed by atoms with van der Waals surface area (Å²) >= 11 is 25.5. The number of fused-ring (bicyclic) bond motifs is 2. The Balaban J connectivity index is 2.56. The van der Waals surface area contributed by atoms with E-state index in [1.165, 1.54) is 14.2 Å². The second kappa shape index (κ2) is 3.54. The minimum atomic E-state index is -1.11. The summed E-state index contributed by atoms with van der Waals surface area (Å²) in [7, 11) is 3.03. The van der Waals surface area contributed by atoms with Gasteiger partial charge in [0.05, 0.1) is 10.8 Å². The molecule has 0 heterocycles. The van der Waals surface area contributed by atoms with Gasteiger partial charge < -0.3 is 9.47 Å². The van der Waals surface area contributed by atoms with Gasteiger partial charge in [-0.1, -0.05) is 0 Å². The zero-order valence-electron chi connectivity index (χ0n) is 8.40. The molecule has 0 aromatic carbocycles. The molecular weight excluding hydrogens is 282 g/mol. The van der Waals surface area contributed by atoms with Crippen LogP contribution < -0.4 is 0 Å². The van der Waals surface area contributed by atoms with Crippen LogP contribution in [-0.4, -0.2) is 40.5 Å². The topological polar surface area (TPSA) is 18.5 Å². The Hall–Kier alpha value is 1.08. The molecule has 2 aliphatic rings. The van der Waals surface area contributed by atoms with Gasteiger partial charge in [0.25, 0.3) is 0 Å². The largest absolute Gasteiger partial charge is 0.350 e. The van der Waals surface area contributed by atoms with Gasteiger partial charge in [0, 0.05) is 14.2 Å². The minimum absolute atomic E-state index is 0.466. The fourth-order valence-electron chi connectivity index (χ4n) is 2.90. The van der Waals surface area contributed by atoms with E-state index in [0.29, 0.717) is 12.8 Å². The number of halogens is 4. The fraction of sp³-hybridized carbons (Fsp3) is 1.00. The molecule has 2 fully saturated rings. The zero-order chi connectivity index (χ0) is 11.5. The molecule has 15 heavy (non-hydrogen) atoms. The third kappa shape index (κ3) is 1.12. The molecule has 0 amide bonds. The first-order valence-electron chi connectivity index (χ1n) is 4.66. The normalized spacial score (nSPS) is 52.4. The molecule has 6 heteroatoms. The van der Waals surface area contributed by atoms with Crippen LogP contribution in [0, 0.1) is 0 Å². The fourth-order valence-corrected chi connectivity index (χ4v) is 5.10. The zero-order valence-corrected chi connectivity index (χ0v) is 11.4. The first-order valence-corrected chi connectivity index (χ1v) is 6.29. The van der Waals surface area contributed by atoms with Gasteiger partial charge in [0.2, 0.25) is 5.79 Å². The van der Waals surface area contributed by atoms with E-state index in [0.717, 1.165) is 0 Å². The van der Waals surface area contributed by atoms with E-state index < -0.39 is 26.3 Å². The van der Waals surface area contributed by atoms with Crippen molar-refractivity contribution in [2.24, 2.45) is 0 Å². The monoisotopic (exact) mass is 292 g/mol. The molecule has 0 radical (unpaired) electrons. The highest BCUT2D eigenvalue weighted by Crippen LogP contribution is 2.68. The Morgan fingerprint density at radius 1 is 0.933 bits per heavy atom. The van der Waals surface area contributed by atoms with E-state index in [9.17, 15) is 0 Å². The first kappa shape index (κ1) is 12.5. The number of hydrogen-bond acceptors (Lipinski definition) is 2. The van der Waals surface area contributed by atoms with E-state index >= 15 is 0 Å². The number of alkyl halides is 4. The lowest BCUT2D eigenvalue weighted by Gasteiger charge is -2.39.